The Kier molecular flexibility index (Phi) is 7.74. The van der Waals surface area contributed by atoms with E-state index in [0.717, 1.165) is 19.5 Å². The lowest BCUT2D eigenvalue weighted by atomic mass is 9.92. The number of nitrogens with one attached hydrogen (secondary N) is 1. The van der Waals surface area contributed by atoms with E-state index in [1.54, 1.807) is 7.11 Å². The third-order valence-corrected chi connectivity index (χ3v) is 2.60. The van der Waals surface area contributed by atoms with Gasteiger partial charge in [-0.15, -0.1) is 12.4 Å². The molecule has 1 N–H and O–H groups in total. The molecule has 5 heteroatoms. The summed E-state index contributed by atoms with van der Waals surface area (Å²) < 4.78 is 10.2. The lowest BCUT2D eigenvalue weighted by Crippen LogP contribution is -2.42. The van der Waals surface area contributed by atoms with E-state index in [9.17, 15) is 4.79 Å². The molecule has 0 aromatic rings. The SMILES string of the molecule is CCOC(=O)CC1CCNCC1OC.Cl. The maximum Gasteiger partial charge on any atom is 0.306 e. The van der Waals surface area contributed by atoms with Crippen LogP contribution in [-0.2, 0) is 14.3 Å². The molecule has 0 aromatic carbocycles. The number of ether oxygens (including phenoxy) is 2. The monoisotopic (exact) mass is 237 g/mol. The quantitative estimate of drug-likeness (QED) is 0.741. The fourth-order valence-electron chi connectivity index (χ4n) is 1.83. The van der Waals surface area contributed by atoms with Crippen LogP contribution in [0.1, 0.15) is 19.8 Å². The molecule has 1 rings (SSSR count). The molecule has 0 amide bonds. The predicted octanol–water partition coefficient (Wildman–Crippen LogP) is 0.986. The van der Waals surface area contributed by atoms with E-state index in [1.165, 1.54) is 0 Å². The smallest absolute Gasteiger partial charge is 0.306 e. The maximum atomic E-state index is 11.3. The van der Waals surface area contributed by atoms with Crippen LogP contribution in [0.4, 0.5) is 0 Å². The van der Waals surface area contributed by atoms with Gasteiger partial charge in [-0.2, -0.15) is 0 Å². The minimum atomic E-state index is -0.110. The van der Waals surface area contributed by atoms with E-state index in [-0.39, 0.29) is 24.5 Å². The summed E-state index contributed by atoms with van der Waals surface area (Å²) in [5, 5.41) is 3.24. The van der Waals surface area contributed by atoms with Crippen LogP contribution in [0.2, 0.25) is 0 Å². The molecule has 4 nitrogen and oxygen atoms in total. The van der Waals surface area contributed by atoms with Crippen molar-refractivity contribution in [2.75, 3.05) is 26.8 Å². The van der Waals surface area contributed by atoms with Crippen molar-refractivity contribution in [1.82, 2.24) is 5.32 Å². The summed E-state index contributed by atoms with van der Waals surface area (Å²) in [4.78, 5) is 11.3. The first-order valence-electron chi connectivity index (χ1n) is 5.17. The van der Waals surface area contributed by atoms with Crippen LogP contribution in [0.3, 0.4) is 0 Å². The number of carbonyl (C=O) groups is 1. The molecule has 2 atom stereocenters. The van der Waals surface area contributed by atoms with Crippen LogP contribution in [-0.4, -0.2) is 38.9 Å². The third kappa shape index (κ3) is 4.82. The molecule has 1 heterocycles. The number of hydrogen-bond acceptors (Lipinski definition) is 4. The van der Waals surface area contributed by atoms with Crippen molar-refractivity contribution in [2.24, 2.45) is 5.92 Å². The molecule has 15 heavy (non-hydrogen) atoms. The zero-order valence-corrected chi connectivity index (χ0v) is 10.1. The summed E-state index contributed by atoms with van der Waals surface area (Å²) >= 11 is 0. The molecule has 1 saturated heterocycles. The van der Waals surface area contributed by atoms with Gasteiger partial charge in [0.1, 0.15) is 0 Å². The summed E-state index contributed by atoms with van der Waals surface area (Å²) in [5.74, 6) is 0.196. The van der Waals surface area contributed by atoms with Crippen molar-refractivity contribution in [2.45, 2.75) is 25.9 Å². The van der Waals surface area contributed by atoms with Crippen LogP contribution in [0.15, 0.2) is 0 Å². The highest BCUT2D eigenvalue weighted by molar-refractivity contribution is 5.85. The summed E-state index contributed by atoms with van der Waals surface area (Å²) in [6, 6.07) is 0. The first kappa shape index (κ1) is 14.7. The van der Waals surface area contributed by atoms with Gasteiger partial charge in [0.05, 0.1) is 19.1 Å². The van der Waals surface area contributed by atoms with Crippen LogP contribution < -0.4 is 5.32 Å². The van der Waals surface area contributed by atoms with E-state index < -0.39 is 0 Å². The highest BCUT2D eigenvalue weighted by Gasteiger charge is 2.27. The Balaban J connectivity index is 0.00000196. The van der Waals surface area contributed by atoms with Gasteiger partial charge in [0.25, 0.3) is 0 Å². The molecule has 0 radical (unpaired) electrons. The number of halogens is 1. The van der Waals surface area contributed by atoms with Gasteiger partial charge in [0.2, 0.25) is 0 Å². The number of piperidine rings is 1. The van der Waals surface area contributed by atoms with E-state index in [4.69, 9.17) is 9.47 Å². The van der Waals surface area contributed by atoms with E-state index in [2.05, 4.69) is 5.32 Å². The van der Waals surface area contributed by atoms with Gasteiger partial charge in [0.15, 0.2) is 0 Å². The molecule has 0 bridgehead atoms. The zero-order valence-electron chi connectivity index (χ0n) is 9.32. The van der Waals surface area contributed by atoms with Crippen molar-refractivity contribution in [3.05, 3.63) is 0 Å². The Labute approximate surface area is 97.1 Å². The lowest BCUT2D eigenvalue weighted by molar-refractivity contribution is -0.145. The maximum absolute atomic E-state index is 11.3. The summed E-state index contributed by atoms with van der Waals surface area (Å²) in [5.41, 5.74) is 0. The molecule has 2 unspecified atom stereocenters. The average Bonchev–Trinajstić information content (AvgIpc) is 2.19. The summed E-state index contributed by atoms with van der Waals surface area (Å²) in [7, 11) is 1.69. The molecule has 0 aromatic heterocycles. The van der Waals surface area contributed by atoms with Crippen LogP contribution in [0, 0.1) is 5.92 Å². The topological polar surface area (TPSA) is 47.6 Å². The van der Waals surface area contributed by atoms with Crippen molar-refractivity contribution in [3.8, 4) is 0 Å². The van der Waals surface area contributed by atoms with Gasteiger partial charge in [-0.05, 0) is 25.8 Å². The molecular weight excluding hydrogens is 218 g/mol. The fourth-order valence-corrected chi connectivity index (χ4v) is 1.83. The normalized spacial score (nSPS) is 25.5. The number of carbonyl (C=O) groups excluding carboxylic acids is 1. The van der Waals surface area contributed by atoms with Gasteiger partial charge < -0.3 is 14.8 Å². The standard InChI is InChI=1S/C10H19NO3.ClH/c1-3-14-10(12)6-8-4-5-11-7-9(8)13-2;/h8-9,11H,3-7H2,1-2H3;1H. The third-order valence-electron chi connectivity index (χ3n) is 2.60. The average molecular weight is 238 g/mol. The van der Waals surface area contributed by atoms with Gasteiger partial charge >= 0.3 is 5.97 Å². The Bertz CT molecular complexity index is 190. The Hall–Kier alpha value is -0.320. The van der Waals surface area contributed by atoms with Gasteiger partial charge in [0, 0.05) is 13.7 Å². The summed E-state index contributed by atoms with van der Waals surface area (Å²) in [6.07, 6.45) is 1.61. The second-order valence-corrected chi connectivity index (χ2v) is 3.54. The Morgan fingerprint density at radius 2 is 2.27 bits per heavy atom. The van der Waals surface area contributed by atoms with Crippen LogP contribution in [0.25, 0.3) is 0 Å². The van der Waals surface area contributed by atoms with Crippen molar-refractivity contribution < 1.29 is 14.3 Å². The first-order chi connectivity index (χ1) is 6.77. The largest absolute Gasteiger partial charge is 0.466 e. The molecule has 1 aliphatic heterocycles. The fraction of sp³-hybridized carbons (Fsp3) is 0.900. The van der Waals surface area contributed by atoms with E-state index >= 15 is 0 Å². The second kappa shape index (κ2) is 7.91. The molecule has 0 spiro atoms. The van der Waals surface area contributed by atoms with E-state index in [0.29, 0.717) is 18.9 Å². The minimum absolute atomic E-state index is 0. The minimum Gasteiger partial charge on any atom is -0.466 e. The molecular formula is C10H20ClNO3. The number of esters is 1. The summed E-state index contributed by atoms with van der Waals surface area (Å²) in [6.45, 7) is 4.08. The predicted molar refractivity (Wildman–Crippen MR) is 60.3 cm³/mol. The second-order valence-electron chi connectivity index (χ2n) is 3.54. The highest BCUT2D eigenvalue weighted by Crippen LogP contribution is 2.19. The zero-order chi connectivity index (χ0) is 10.4. The molecule has 0 saturated carbocycles. The number of methoxy groups -OCH3 is 1. The van der Waals surface area contributed by atoms with Gasteiger partial charge in [-0.3, -0.25) is 4.79 Å². The number of hydrogen-bond donors (Lipinski definition) is 1. The van der Waals surface area contributed by atoms with Gasteiger partial charge in [-0.25, -0.2) is 0 Å². The first-order valence-corrected chi connectivity index (χ1v) is 5.17. The number of rotatable bonds is 4. The highest BCUT2D eigenvalue weighted by atomic mass is 35.5. The van der Waals surface area contributed by atoms with Crippen LogP contribution >= 0.6 is 12.4 Å². The van der Waals surface area contributed by atoms with E-state index in [1.807, 2.05) is 6.92 Å². The molecule has 90 valence electrons. The van der Waals surface area contributed by atoms with Crippen molar-refractivity contribution >= 4 is 18.4 Å². The van der Waals surface area contributed by atoms with Crippen molar-refractivity contribution in [1.29, 1.82) is 0 Å². The Morgan fingerprint density at radius 1 is 1.53 bits per heavy atom. The molecule has 1 aliphatic rings. The van der Waals surface area contributed by atoms with Gasteiger partial charge in [-0.1, -0.05) is 0 Å². The van der Waals surface area contributed by atoms with Crippen molar-refractivity contribution in [3.63, 3.8) is 0 Å². The molecule has 0 aliphatic carbocycles. The molecule has 1 fully saturated rings. The Morgan fingerprint density at radius 3 is 2.87 bits per heavy atom. The lowest BCUT2D eigenvalue weighted by Gasteiger charge is -2.30. The van der Waals surface area contributed by atoms with Crippen LogP contribution in [0.5, 0.6) is 0 Å².